The lowest BCUT2D eigenvalue weighted by atomic mass is 9.81. The summed E-state index contributed by atoms with van der Waals surface area (Å²) < 4.78 is 56.7. The van der Waals surface area contributed by atoms with Gasteiger partial charge in [-0.15, -0.1) is 0 Å². The number of halogens is 2. The molecule has 1 saturated carbocycles. The monoisotopic (exact) mass is 462 g/mol. The fourth-order valence-corrected chi connectivity index (χ4v) is 6.04. The summed E-state index contributed by atoms with van der Waals surface area (Å²) >= 11 is 0. The number of carboxylic acids is 1. The predicted molar refractivity (Wildman–Crippen MR) is 116 cm³/mol. The highest BCUT2D eigenvalue weighted by Crippen LogP contribution is 2.40. The molecular weight excluding hydrogens is 438 g/mol. The van der Waals surface area contributed by atoms with Gasteiger partial charge in [-0.1, -0.05) is 0 Å². The molecular formula is C23H24F2N2O4S. The summed E-state index contributed by atoms with van der Waals surface area (Å²) in [6.45, 7) is 1.64. The predicted octanol–water partition coefficient (Wildman–Crippen LogP) is 4.32. The van der Waals surface area contributed by atoms with Gasteiger partial charge in [-0.2, -0.15) is 0 Å². The van der Waals surface area contributed by atoms with Crippen LogP contribution < -0.4 is 4.72 Å². The van der Waals surface area contributed by atoms with E-state index in [1.807, 2.05) is 6.92 Å². The molecule has 2 N–H and O–H groups in total. The SMILES string of the molecule is Cc1c(C2CCC(NS(=O)(=O)c3ccc(F)cc3)CC2)c2cc(F)ccc2n1CC(=O)O. The van der Waals surface area contributed by atoms with Crippen molar-refractivity contribution in [2.24, 2.45) is 0 Å². The van der Waals surface area contributed by atoms with Crippen molar-refractivity contribution in [3.63, 3.8) is 0 Å². The number of fused-ring (bicyclic) bond motifs is 1. The molecule has 0 spiro atoms. The summed E-state index contributed by atoms with van der Waals surface area (Å²) in [6, 6.07) is 8.81. The number of hydrogen-bond donors (Lipinski definition) is 2. The summed E-state index contributed by atoms with van der Waals surface area (Å²) in [7, 11) is -3.75. The van der Waals surface area contributed by atoms with Crippen LogP contribution in [0.5, 0.6) is 0 Å². The van der Waals surface area contributed by atoms with E-state index in [4.69, 9.17) is 0 Å². The molecule has 32 heavy (non-hydrogen) atoms. The standard InChI is InChI=1S/C23H24F2N2O4S/c1-14-23(20-12-17(25)6-11-21(20)27(14)13-22(28)29)15-2-7-18(8-3-15)26-32(30,31)19-9-4-16(24)5-10-19/h4-6,9-12,15,18,26H,2-3,7-8,13H2,1H3,(H,28,29). The molecule has 0 saturated heterocycles. The van der Waals surface area contributed by atoms with Gasteiger partial charge in [-0.3, -0.25) is 4.79 Å². The number of benzene rings is 2. The number of aliphatic carboxylic acids is 1. The minimum atomic E-state index is -3.75. The van der Waals surface area contributed by atoms with Crippen LogP contribution in [0.15, 0.2) is 47.4 Å². The van der Waals surface area contributed by atoms with Crippen LogP contribution >= 0.6 is 0 Å². The van der Waals surface area contributed by atoms with E-state index in [0.29, 0.717) is 36.6 Å². The molecule has 1 aromatic heterocycles. The Morgan fingerprint density at radius 1 is 1.06 bits per heavy atom. The molecule has 1 aliphatic carbocycles. The highest BCUT2D eigenvalue weighted by Gasteiger charge is 2.30. The van der Waals surface area contributed by atoms with Gasteiger partial charge in [0.05, 0.1) is 4.90 Å². The number of aromatic nitrogens is 1. The topological polar surface area (TPSA) is 88.4 Å². The van der Waals surface area contributed by atoms with Crippen LogP contribution in [0.1, 0.15) is 42.9 Å². The van der Waals surface area contributed by atoms with Crippen molar-refractivity contribution in [2.75, 3.05) is 0 Å². The normalized spacial score (nSPS) is 19.3. The summed E-state index contributed by atoms with van der Waals surface area (Å²) in [5.41, 5.74) is 2.41. The van der Waals surface area contributed by atoms with Crippen molar-refractivity contribution in [1.82, 2.24) is 9.29 Å². The second-order valence-electron chi connectivity index (χ2n) is 8.26. The first-order valence-corrected chi connectivity index (χ1v) is 11.9. The molecule has 0 amide bonds. The van der Waals surface area contributed by atoms with Gasteiger partial charge in [0, 0.05) is 22.6 Å². The molecule has 0 atom stereocenters. The maximum absolute atomic E-state index is 14.0. The summed E-state index contributed by atoms with van der Waals surface area (Å²) in [4.78, 5) is 11.4. The molecule has 1 heterocycles. The lowest BCUT2D eigenvalue weighted by molar-refractivity contribution is -0.137. The van der Waals surface area contributed by atoms with Gasteiger partial charge in [0.15, 0.2) is 0 Å². The molecule has 0 aliphatic heterocycles. The third kappa shape index (κ3) is 4.40. The molecule has 0 radical (unpaired) electrons. The molecule has 170 valence electrons. The minimum absolute atomic E-state index is 0.0177. The van der Waals surface area contributed by atoms with E-state index < -0.39 is 21.8 Å². The number of carboxylic acid groups (broad SMARTS) is 1. The quantitative estimate of drug-likeness (QED) is 0.571. The Labute approximate surface area is 184 Å². The zero-order valence-electron chi connectivity index (χ0n) is 17.5. The van der Waals surface area contributed by atoms with Crippen molar-refractivity contribution in [3.8, 4) is 0 Å². The molecule has 9 heteroatoms. The van der Waals surface area contributed by atoms with Crippen molar-refractivity contribution in [1.29, 1.82) is 0 Å². The van der Waals surface area contributed by atoms with Crippen LogP contribution in [0.3, 0.4) is 0 Å². The largest absolute Gasteiger partial charge is 0.480 e. The molecule has 6 nitrogen and oxygen atoms in total. The zero-order valence-corrected chi connectivity index (χ0v) is 18.3. The summed E-state index contributed by atoms with van der Waals surface area (Å²) in [5, 5.41) is 10.0. The third-order valence-corrected chi connectivity index (χ3v) is 7.75. The first-order valence-electron chi connectivity index (χ1n) is 10.4. The second-order valence-corrected chi connectivity index (χ2v) is 9.98. The van der Waals surface area contributed by atoms with Gasteiger partial charge < -0.3 is 9.67 Å². The highest BCUT2D eigenvalue weighted by atomic mass is 32.2. The van der Waals surface area contributed by atoms with Gasteiger partial charge in [0.2, 0.25) is 10.0 Å². The second kappa shape index (κ2) is 8.63. The number of nitrogens with one attached hydrogen (secondary N) is 1. The van der Waals surface area contributed by atoms with Crippen molar-refractivity contribution in [3.05, 3.63) is 65.4 Å². The number of nitrogens with zero attached hydrogens (tertiary/aromatic N) is 1. The Morgan fingerprint density at radius 3 is 2.31 bits per heavy atom. The Hall–Kier alpha value is -2.78. The Morgan fingerprint density at radius 2 is 1.69 bits per heavy atom. The Balaban J connectivity index is 1.54. The van der Waals surface area contributed by atoms with Crippen LogP contribution in [0, 0.1) is 18.6 Å². The molecule has 0 unspecified atom stereocenters. The fraction of sp³-hybridized carbons (Fsp3) is 0.348. The van der Waals surface area contributed by atoms with Crippen LogP contribution in [0.4, 0.5) is 8.78 Å². The van der Waals surface area contributed by atoms with E-state index in [2.05, 4.69) is 4.72 Å². The van der Waals surface area contributed by atoms with E-state index in [9.17, 15) is 27.1 Å². The van der Waals surface area contributed by atoms with E-state index in [-0.39, 0.29) is 29.2 Å². The fourth-order valence-electron chi connectivity index (χ4n) is 4.74. The van der Waals surface area contributed by atoms with Crippen molar-refractivity contribution >= 4 is 26.9 Å². The maximum Gasteiger partial charge on any atom is 0.323 e. The lowest BCUT2D eigenvalue weighted by Gasteiger charge is -2.29. The average Bonchev–Trinajstić information content (AvgIpc) is 2.99. The van der Waals surface area contributed by atoms with Crippen molar-refractivity contribution in [2.45, 2.75) is 56.0 Å². The van der Waals surface area contributed by atoms with Crippen LogP contribution in [0.2, 0.25) is 0 Å². The van der Waals surface area contributed by atoms with Crippen LogP contribution in [-0.4, -0.2) is 30.1 Å². The van der Waals surface area contributed by atoms with Gasteiger partial charge in [-0.25, -0.2) is 21.9 Å². The summed E-state index contributed by atoms with van der Waals surface area (Å²) in [5.74, 6) is -1.79. The van der Waals surface area contributed by atoms with E-state index in [0.717, 1.165) is 23.4 Å². The maximum atomic E-state index is 14.0. The zero-order chi connectivity index (χ0) is 23.0. The highest BCUT2D eigenvalue weighted by molar-refractivity contribution is 7.89. The lowest BCUT2D eigenvalue weighted by Crippen LogP contribution is -2.37. The molecule has 0 bridgehead atoms. The number of carbonyl (C=O) groups is 1. The van der Waals surface area contributed by atoms with E-state index >= 15 is 0 Å². The van der Waals surface area contributed by atoms with Crippen LogP contribution in [0.25, 0.3) is 10.9 Å². The van der Waals surface area contributed by atoms with Gasteiger partial charge >= 0.3 is 5.97 Å². The Kier molecular flexibility index (Phi) is 6.05. The van der Waals surface area contributed by atoms with Gasteiger partial charge in [0.1, 0.15) is 18.2 Å². The van der Waals surface area contributed by atoms with E-state index in [1.165, 1.54) is 24.3 Å². The van der Waals surface area contributed by atoms with Crippen LogP contribution in [-0.2, 0) is 21.4 Å². The first kappa shape index (κ1) is 22.4. The first-order chi connectivity index (χ1) is 15.2. The smallest absolute Gasteiger partial charge is 0.323 e. The van der Waals surface area contributed by atoms with Gasteiger partial charge in [-0.05, 0) is 86.6 Å². The molecule has 1 aliphatic rings. The molecule has 3 aromatic rings. The number of sulfonamides is 1. The van der Waals surface area contributed by atoms with Crippen molar-refractivity contribution < 1.29 is 27.1 Å². The third-order valence-electron chi connectivity index (χ3n) is 6.21. The number of rotatable bonds is 6. The number of hydrogen-bond acceptors (Lipinski definition) is 3. The van der Waals surface area contributed by atoms with Gasteiger partial charge in [0.25, 0.3) is 0 Å². The summed E-state index contributed by atoms with van der Waals surface area (Å²) in [6.07, 6.45) is 2.54. The molecule has 2 aromatic carbocycles. The Bertz CT molecular complexity index is 1260. The average molecular weight is 463 g/mol. The van der Waals surface area contributed by atoms with E-state index in [1.54, 1.807) is 10.6 Å². The molecule has 4 rings (SSSR count). The minimum Gasteiger partial charge on any atom is -0.480 e. The molecule has 1 fully saturated rings.